The SMILES string of the molecule is CCC(CCCC(=O)O)[P+](c1ccccc1)(c1ccccc1)c1ccccc1. The number of benzene rings is 3. The van der Waals surface area contributed by atoms with E-state index in [1.165, 1.54) is 15.9 Å². The molecular formula is C25H28O2P+. The molecule has 0 heterocycles. The molecule has 0 aliphatic carbocycles. The van der Waals surface area contributed by atoms with Crippen LogP contribution < -0.4 is 15.9 Å². The molecule has 1 N–H and O–H groups in total. The molecule has 0 saturated carbocycles. The molecule has 0 radical (unpaired) electrons. The van der Waals surface area contributed by atoms with Gasteiger partial charge in [0.05, 0.1) is 5.66 Å². The zero-order valence-corrected chi connectivity index (χ0v) is 17.3. The molecule has 3 aromatic carbocycles. The fourth-order valence-electron chi connectivity index (χ4n) is 4.23. The molecule has 0 bridgehead atoms. The fraction of sp³-hybridized carbons (Fsp3) is 0.240. The molecule has 3 aromatic rings. The Morgan fingerprint density at radius 2 is 1.18 bits per heavy atom. The van der Waals surface area contributed by atoms with E-state index >= 15 is 0 Å². The summed E-state index contributed by atoms with van der Waals surface area (Å²) in [7, 11) is -1.92. The Hall–Kier alpha value is -2.44. The van der Waals surface area contributed by atoms with Gasteiger partial charge in [-0.25, -0.2) is 0 Å². The van der Waals surface area contributed by atoms with Crippen LogP contribution in [0.5, 0.6) is 0 Å². The Morgan fingerprint density at radius 1 is 0.786 bits per heavy atom. The maximum Gasteiger partial charge on any atom is 0.303 e. The lowest BCUT2D eigenvalue weighted by Crippen LogP contribution is -2.38. The van der Waals surface area contributed by atoms with E-state index in [0.717, 1.165) is 12.8 Å². The first kappa shape index (κ1) is 20.3. The summed E-state index contributed by atoms with van der Waals surface area (Å²) in [6.45, 7) is 2.25. The highest BCUT2D eigenvalue weighted by Gasteiger charge is 2.50. The second-order valence-electron chi connectivity index (χ2n) is 7.08. The summed E-state index contributed by atoms with van der Waals surface area (Å²) < 4.78 is 0. The molecular weight excluding hydrogens is 363 g/mol. The number of carboxylic acids is 1. The van der Waals surface area contributed by atoms with Crippen molar-refractivity contribution in [2.45, 2.75) is 38.3 Å². The third-order valence-corrected chi connectivity index (χ3v) is 10.5. The van der Waals surface area contributed by atoms with Crippen molar-refractivity contribution < 1.29 is 9.90 Å². The standard InChI is InChI=1S/C25H27O2P/c1-2-21(19-12-20-25(26)27)28(22-13-6-3-7-14-22,23-15-8-4-9-16-23)24-17-10-5-11-18-24/h3-11,13-18,21H,2,12,19-20H2,1H3/p+1. The maximum absolute atomic E-state index is 11.1. The fourth-order valence-corrected chi connectivity index (χ4v) is 9.43. The monoisotopic (exact) mass is 391 g/mol. The van der Waals surface area contributed by atoms with Gasteiger partial charge >= 0.3 is 5.97 Å². The van der Waals surface area contributed by atoms with Gasteiger partial charge in [0.1, 0.15) is 23.2 Å². The van der Waals surface area contributed by atoms with Gasteiger partial charge in [0, 0.05) is 6.42 Å². The summed E-state index contributed by atoms with van der Waals surface area (Å²) >= 11 is 0. The summed E-state index contributed by atoms with van der Waals surface area (Å²) in [6, 6.07) is 32.5. The van der Waals surface area contributed by atoms with Crippen molar-refractivity contribution in [1.29, 1.82) is 0 Å². The van der Waals surface area contributed by atoms with Crippen LogP contribution in [-0.2, 0) is 4.79 Å². The molecule has 3 heteroatoms. The third kappa shape index (κ3) is 4.18. The average Bonchev–Trinajstić information content (AvgIpc) is 2.75. The van der Waals surface area contributed by atoms with Gasteiger partial charge in [-0.05, 0) is 55.7 Å². The molecule has 0 amide bonds. The number of rotatable bonds is 9. The minimum atomic E-state index is -1.92. The molecule has 0 aliphatic heterocycles. The molecule has 2 nitrogen and oxygen atoms in total. The highest BCUT2D eigenvalue weighted by Crippen LogP contribution is 2.61. The summed E-state index contributed by atoms with van der Waals surface area (Å²) in [6.07, 6.45) is 2.87. The molecule has 0 saturated heterocycles. The van der Waals surface area contributed by atoms with Crippen LogP contribution in [0.1, 0.15) is 32.6 Å². The van der Waals surface area contributed by atoms with E-state index in [2.05, 4.69) is 97.9 Å². The minimum Gasteiger partial charge on any atom is -0.481 e. The third-order valence-electron chi connectivity index (χ3n) is 5.44. The minimum absolute atomic E-state index is 0.231. The van der Waals surface area contributed by atoms with Gasteiger partial charge in [0.25, 0.3) is 0 Å². The van der Waals surface area contributed by atoms with Gasteiger partial charge < -0.3 is 5.11 Å². The Kier molecular flexibility index (Phi) is 7.01. The molecule has 0 aromatic heterocycles. The van der Waals surface area contributed by atoms with Gasteiger partial charge in [-0.15, -0.1) is 0 Å². The normalized spacial score (nSPS) is 12.5. The van der Waals surface area contributed by atoms with Crippen LogP contribution in [-0.4, -0.2) is 16.7 Å². The first-order valence-electron chi connectivity index (χ1n) is 9.97. The maximum atomic E-state index is 11.1. The average molecular weight is 391 g/mol. The number of carbonyl (C=O) groups is 1. The smallest absolute Gasteiger partial charge is 0.303 e. The Morgan fingerprint density at radius 3 is 1.50 bits per heavy atom. The molecule has 1 unspecified atom stereocenters. The van der Waals surface area contributed by atoms with Crippen molar-refractivity contribution in [2.75, 3.05) is 0 Å². The highest BCUT2D eigenvalue weighted by atomic mass is 31.2. The molecule has 3 rings (SSSR count). The molecule has 0 spiro atoms. The van der Waals surface area contributed by atoms with Crippen LogP contribution in [0.4, 0.5) is 0 Å². The summed E-state index contributed by atoms with van der Waals surface area (Å²) in [5.41, 5.74) is 0.402. The number of hydrogen-bond donors (Lipinski definition) is 1. The summed E-state index contributed by atoms with van der Waals surface area (Å²) in [5.74, 6) is -0.710. The van der Waals surface area contributed by atoms with E-state index in [1.807, 2.05) is 0 Å². The van der Waals surface area contributed by atoms with Gasteiger partial charge in [0.15, 0.2) is 0 Å². The van der Waals surface area contributed by atoms with E-state index in [9.17, 15) is 4.79 Å². The zero-order valence-electron chi connectivity index (χ0n) is 16.4. The largest absolute Gasteiger partial charge is 0.481 e. The summed E-state index contributed by atoms with van der Waals surface area (Å²) in [4.78, 5) is 11.1. The van der Waals surface area contributed by atoms with Crippen LogP contribution in [0, 0.1) is 0 Å². The lowest BCUT2D eigenvalue weighted by Gasteiger charge is -2.34. The molecule has 144 valence electrons. The second-order valence-corrected chi connectivity index (χ2v) is 10.8. The van der Waals surface area contributed by atoms with E-state index in [-0.39, 0.29) is 6.42 Å². The molecule has 1 atom stereocenters. The topological polar surface area (TPSA) is 37.3 Å². The van der Waals surface area contributed by atoms with Crippen LogP contribution in [0.15, 0.2) is 91.0 Å². The Labute approximate surface area is 168 Å². The van der Waals surface area contributed by atoms with Crippen molar-refractivity contribution in [1.82, 2.24) is 0 Å². The van der Waals surface area contributed by atoms with Crippen LogP contribution in [0.3, 0.4) is 0 Å². The van der Waals surface area contributed by atoms with E-state index < -0.39 is 13.2 Å². The van der Waals surface area contributed by atoms with Gasteiger partial charge in [-0.3, -0.25) is 4.79 Å². The van der Waals surface area contributed by atoms with Gasteiger partial charge in [0.2, 0.25) is 0 Å². The first-order valence-corrected chi connectivity index (χ1v) is 11.8. The first-order chi connectivity index (χ1) is 13.7. The second kappa shape index (κ2) is 9.66. The van der Waals surface area contributed by atoms with Crippen molar-refractivity contribution in [2.24, 2.45) is 0 Å². The van der Waals surface area contributed by atoms with Crippen LogP contribution >= 0.6 is 7.26 Å². The summed E-state index contributed by atoms with van der Waals surface area (Å²) in [5, 5.41) is 13.3. The molecule has 28 heavy (non-hydrogen) atoms. The van der Waals surface area contributed by atoms with Crippen LogP contribution in [0.2, 0.25) is 0 Å². The molecule has 0 aliphatic rings. The lowest BCUT2D eigenvalue weighted by molar-refractivity contribution is -0.137. The number of carboxylic acid groups (broad SMARTS) is 1. The van der Waals surface area contributed by atoms with E-state index in [4.69, 9.17) is 5.11 Å². The number of hydrogen-bond acceptors (Lipinski definition) is 1. The van der Waals surface area contributed by atoms with E-state index in [0.29, 0.717) is 12.1 Å². The van der Waals surface area contributed by atoms with Crippen molar-refractivity contribution in [3.05, 3.63) is 91.0 Å². The van der Waals surface area contributed by atoms with Crippen molar-refractivity contribution in [3.8, 4) is 0 Å². The quantitative estimate of drug-likeness (QED) is 0.521. The predicted octanol–water partition coefficient (Wildman–Crippen LogP) is 5.01. The van der Waals surface area contributed by atoms with Gasteiger partial charge in [-0.2, -0.15) is 0 Å². The zero-order chi connectivity index (χ0) is 19.8. The molecule has 0 fully saturated rings. The van der Waals surface area contributed by atoms with Crippen molar-refractivity contribution in [3.63, 3.8) is 0 Å². The van der Waals surface area contributed by atoms with Crippen molar-refractivity contribution >= 4 is 29.1 Å². The Balaban J connectivity index is 2.22. The number of aliphatic carboxylic acids is 1. The Bertz CT molecular complexity index is 766. The predicted molar refractivity (Wildman–Crippen MR) is 121 cm³/mol. The van der Waals surface area contributed by atoms with E-state index in [1.54, 1.807) is 0 Å². The van der Waals surface area contributed by atoms with Crippen LogP contribution in [0.25, 0.3) is 0 Å². The lowest BCUT2D eigenvalue weighted by atomic mass is 10.1. The highest BCUT2D eigenvalue weighted by molar-refractivity contribution is 7.96. The van der Waals surface area contributed by atoms with Gasteiger partial charge in [-0.1, -0.05) is 61.5 Å².